The average molecular weight is 318 g/mol. The third-order valence-electron chi connectivity index (χ3n) is 3.89. The highest BCUT2D eigenvalue weighted by molar-refractivity contribution is 8.13. The third kappa shape index (κ3) is 3.30. The summed E-state index contributed by atoms with van der Waals surface area (Å²) < 4.78 is 0. The first kappa shape index (κ1) is 15.0. The van der Waals surface area contributed by atoms with Gasteiger partial charge in [-0.1, -0.05) is 6.07 Å². The largest absolute Gasteiger partial charge is 0.339 e. The fourth-order valence-corrected chi connectivity index (χ4v) is 3.27. The van der Waals surface area contributed by atoms with E-state index >= 15 is 0 Å². The molecule has 1 heterocycles. The van der Waals surface area contributed by atoms with E-state index in [4.69, 9.17) is 0 Å². The molecule has 6 nitrogen and oxygen atoms in total. The smallest absolute Gasteiger partial charge is 0.285 e. The van der Waals surface area contributed by atoms with E-state index in [1.807, 2.05) is 24.3 Å². The lowest BCUT2D eigenvalue weighted by Gasteiger charge is -2.12. The first-order valence-corrected chi connectivity index (χ1v) is 8.03. The van der Waals surface area contributed by atoms with Crippen molar-refractivity contribution in [3.8, 4) is 0 Å². The van der Waals surface area contributed by atoms with Gasteiger partial charge in [-0.05, 0) is 42.8 Å². The highest BCUT2D eigenvalue weighted by Crippen LogP contribution is 2.47. The van der Waals surface area contributed by atoms with E-state index in [2.05, 4.69) is 15.5 Å². The molecule has 2 aliphatic rings. The number of amides is 2. The minimum Gasteiger partial charge on any atom is -0.339 e. The van der Waals surface area contributed by atoms with Crippen LogP contribution in [0.25, 0.3) is 0 Å². The number of rotatable bonds is 3. The Labute approximate surface area is 133 Å². The molecule has 1 unspecified atom stereocenters. The normalized spacial score (nSPS) is 20.9. The molecule has 22 heavy (non-hydrogen) atoms. The monoisotopic (exact) mass is 318 g/mol. The summed E-state index contributed by atoms with van der Waals surface area (Å²) in [5.74, 6) is -0.0232. The fraction of sp³-hybridized carbons (Fsp3) is 0.467. The van der Waals surface area contributed by atoms with Crippen LogP contribution in [0.4, 0.5) is 10.5 Å². The predicted octanol–water partition coefficient (Wildman–Crippen LogP) is 3.36. The minimum absolute atomic E-state index is 0.00950. The quantitative estimate of drug-likeness (QED) is 0.868. The molecule has 3 rings (SSSR count). The highest BCUT2D eigenvalue weighted by atomic mass is 32.2. The van der Waals surface area contributed by atoms with Crippen molar-refractivity contribution >= 4 is 28.6 Å². The first-order valence-electron chi connectivity index (χ1n) is 7.22. The van der Waals surface area contributed by atoms with Gasteiger partial charge in [0.2, 0.25) is 5.91 Å². The number of hydrogen-bond acceptors (Lipinski definition) is 5. The van der Waals surface area contributed by atoms with Gasteiger partial charge in [0.1, 0.15) is 0 Å². The number of carbonyl (C=O) groups is 2. The van der Waals surface area contributed by atoms with Gasteiger partial charge in [0.25, 0.3) is 5.24 Å². The molecule has 1 N–H and O–H groups in total. The number of thioether (sulfide) groups is 1. The standard InChI is InChI=1S/C15H18N4O2S/c1-19(2)14(21)22-12-5-3-4-11(8-12)16-13(20)10-6-7-15(9-10)17-18-15/h3-5,8,10H,6-7,9H2,1-2H3,(H,16,20). The Balaban J connectivity index is 1.60. The molecule has 1 fully saturated rings. The SMILES string of the molecule is CN(C)C(=O)Sc1cccc(NC(=O)C2CCC3(C2)N=N3)c1. The summed E-state index contributed by atoms with van der Waals surface area (Å²) >= 11 is 1.14. The van der Waals surface area contributed by atoms with Gasteiger partial charge in [-0.2, -0.15) is 10.2 Å². The number of anilines is 1. The fourth-order valence-electron chi connectivity index (χ4n) is 2.55. The molecule has 2 amide bonds. The van der Waals surface area contributed by atoms with E-state index in [-0.39, 0.29) is 22.7 Å². The average Bonchev–Trinajstić information content (AvgIpc) is 3.08. The van der Waals surface area contributed by atoms with Crippen molar-refractivity contribution in [2.45, 2.75) is 29.8 Å². The molecule has 0 aromatic heterocycles. The van der Waals surface area contributed by atoms with Gasteiger partial charge in [0.15, 0.2) is 5.66 Å². The highest BCUT2D eigenvalue weighted by Gasteiger charge is 2.49. The van der Waals surface area contributed by atoms with E-state index in [1.54, 1.807) is 14.1 Å². The second-order valence-electron chi connectivity index (χ2n) is 5.90. The van der Waals surface area contributed by atoms with E-state index in [0.717, 1.165) is 29.5 Å². The van der Waals surface area contributed by atoms with Crippen molar-refractivity contribution in [2.75, 3.05) is 19.4 Å². The Bertz CT molecular complexity index is 638. The second kappa shape index (κ2) is 5.72. The van der Waals surface area contributed by atoms with Crippen LogP contribution in [0.1, 0.15) is 19.3 Å². The Morgan fingerprint density at radius 2 is 2.14 bits per heavy atom. The molecule has 1 aromatic rings. The second-order valence-corrected chi connectivity index (χ2v) is 6.93. The third-order valence-corrected chi connectivity index (χ3v) is 4.92. The number of hydrogen-bond donors (Lipinski definition) is 1. The molecule has 0 saturated heterocycles. The minimum atomic E-state index is -0.238. The predicted molar refractivity (Wildman–Crippen MR) is 84.9 cm³/mol. The molecule has 1 aliphatic carbocycles. The molecule has 1 saturated carbocycles. The van der Waals surface area contributed by atoms with Crippen LogP contribution < -0.4 is 5.32 Å². The van der Waals surface area contributed by atoms with Crippen molar-refractivity contribution in [3.05, 3.63) is 24.3 Å². The topological polar surface area (TPSA) is 74.1 Å². The van der Waals surface area contributed by atoms with Crippen LogP contribution in [0.2, 0.25) is 0 Å². The maximum Gasteiger partial charge on any atom is 0.285 e. The maximum atomic E-state index is 12.3. The van der Waals surface area contributed by atoms with Gasteiger partial charge in [-0.3, -0.25) is 9.59 Å². The number of nitrogens with zero attached hydrogens (tertiary/aromatic N) is 3. The summed E-state index contributed by atoms with van der Waals surface area (Å²) in [5.41, 5.74) is 0.477. The molecule has 1 aromatic carbocycles. The van der Waals surface area contributed by atoms with Crippen molar-refractivity contribution in [1.82, 2.24) is 4.90 Å². The van der Waals surface area contributed by atoms with Crippen LogP contribution in [-0.2, 0) is 4.79 Å². The summed E-state index contributed by atoms with van der Waals surface area (Å²) in [5, 5.41) is 11.0. The van der Waals surface area contributed by atoms with Crippen molar-refractivity contribution in [2.24, 2.45) is 16.1 Å². The molecule has 1 atom stereocenters. The summed E-state index contributed by atoms with van der Waals surface area (Å²) in [6, 6.07) is 7.34. The van der Waals surface area contributed by atoms with E-state index < -0.39 is 0 Å². The zero-order valence-corrected chi connectivity index (χ0v) is 13.4. The lowest BCUT2D eigenvalue weighted by molar-refractivity contribution is -0.119. The number of benzene rings is 1. The van der Waals surface area contributed by atoms with Gasteiger partial charge < -0.3 is 10.2 Å². The van der Waals surface area contributed by atoms with Crippen LogP contribution in [-0.4, -0.2) is 35.8 Å². The van der Waals surface area contributed by atoms with Crippen LogP contribution in [0.15, 0.2) is 39.4 Å². The van der Waals surface area contributed by atoms with E-state index in [1.165, 1.54) is 4.90 Å². The maximum absolute atomic E-state index is 12.3. The lowest BCUT2D eigenvalue weighted by atomic mass is 10.1. The van der Waals surface area contributed by atoms with E-state index in [0.29, 0.717) is 12.1 Å². The molecular formula is C15H18N4O2S. The Hall–Kier alpha value is -1.89. The van der Waals surface area contributed by atoms with Crippen molar-refractivity contribution in [3.63, 3.8) is 0 Å². The summed E-state index contributed by atoms with van der Waals surface area (Å²) in [7, 11) is 3.43. The molecular weight excluding hydrogens is 300 g/mol. The first-order chi connectivity index (χ1) is 10.5. The Morgan fingerprint density at radius 3 is 2.77 bits per heavy atom. The van der Waals surface area contributed by atoms with Crippen LogP contribution in [0, 0.1) is 5.92 Å². The molecule has 0 radical (unpaired) electrons. The van der Waals surface area contributed by atoms with Gasteiger partial charge >= 0.3 is 0 Å². The van der Waals surface area contributed by atoms with Crippen molar-refractivity contribution in [1.29, 1.82) is 0 Å². The van der Waals surface area contributed by atoms with Crippen molar-refractivity contribution < 1.29 is 9.59 Å². The zero-order chi connectivity index (χ0) is 15.7. The Morgan fingerprint density at radius 1 is 1.36 bits per heavy atom. The van der Waals surface area contributed by atoms with Gasteiger partial charge in [-0.15, -0.1) is 0 Å². The van der Waals surface area contributed by atoms with E-state index in [9.17, 15) is 9.59 Å². The molecule has 116 valence electrons. The van der Waals surface area contributed by atoms with Crippen LogP contribution in [0.5, 0.6) is 0 Å². The Kier molecular flexibility index (Phi) is 3.90. The lowest BCUT2D eigenvalue weighted by Crippen LogP contribution is -2.21. The molecule has 1 spiro atoms. The summed E-state index contributed by atoms with van der Waals surface area (Å²) in [6.07, 6.45) is 2.41. The van der Waals surface area contributed by atoms with Crippen LogP contribution in [0.3, 0.4) is 0 Å². The van der Waals surface area contributed by atoms with Crippen LogP contribution >= 0.6 is 11.8 Å². The molecule has 7 heteroatoms. The van der Waals surface area contributed by atoms with Gasteiger partial charge in [0.05, 0.1) is 0 Å². The molecule has 1 aliphatic heterocycles. The number of nitrogens with one attached hydrogen (secondary N) is 1. The van der Waals surface area contributed by atoms with Gasteiger partial charge in [-0.25, -0.2) is 0 Å². The zero-order valence-electron chi connectivity index (χ0n) is 12.6. The summed E-state index contributed by atoms with van der Waals surface area (Å²) in [4.78, 5) is 26.3. The molecule has 0 bridgehead atoms. The summed E-state index contributed by atoms with van der Waals surface area (Å²) in [6.45, 7) is 0. The van der Waals surface area contributed by atoms with Gasteiger partial charge in [0, 0.05) is 37.0 Å². The number of carbonyl (C=O) groups excluding carboxylic acids is 2.